The Morgan fingerprint density at radius 1 is 1.35 bits per heavy atom. The quantitative estimate of drug-likeness (QED) is 0.662. The van der Waals surface area contributed by atoms with Crippen molar-refractivity contribution in [2.75, 3.05) is 11.2 Å². The molecule has 3 nitrogen and oxygen atoms in total. The van der Waals surface area contributed by atoms with Crippen molar-refractivity contribution in [3.63, 3.8) is 0 Å². The number of alkyl halides is 4. The molecule has 0 radical (unpaired) electrons. The van der Waals surface area contributed by atoms with E-state index in [2.05, 4.69) is 5.32 Å². The van der Waals surface area contributed by atoms with E-state index in [4.69, 9.17) is 16.9 Å². The van der Waals surface area contributed by atoms with E-state index in [0.29, 0.717) is 24.8 Å². The average Bonchev–Trinajstić information content (AvgIpc) is 2.38. The highest BCUT2D eigenvalue weighted by molar-refractivity contribution is 6.17. The number of carbonyl (C=O) groups is 1. The molecule has 0 bridgehead atoms. The van der Waals surface area contributed by atoms with Crippen LogP contribution in [0, 0.1) is 11.3 Å². The maximum absolute atomic E-state index is 12.8. The zero-order chi connectivity index (χ0) is 15.2. The van der Waals surface area contributed by atoms with Gasteiger partial charge in [-0.3, -0.25) is 4.79 Å². The minimum Gasteiger partial charge on any atom is -0.326 e. The Morgan fingerprint density at radius 2 is 2.05 bits per heavy atom. The number of nitrogens with zero attached hydrogens (tertiary/aromatic N) is 1. The van der Waals surface area contributed by atoms with E-state index in [1.54, 1.807) is 6.07 Å². The van der Waals surface area contributed by atoms with Crippen LogP contribution in [0.15, 0.2) is 18.2 Å². The second-order valence-corrected chi connectivity index (χ2v) is 4.44. The number of hydrogen-bond donors (Lipinski definition) is 1. The summed E-state index contributed by atoms with van der Waals surface area (Å²) >= 11 is 5.45. The summed E-state index contributed by atoms with van der Waals surface area (Å²) in [6, 6.07) is 4.66. The summed E-state index contributed by atoms with van der Waals surface area (Å²) in [4.78, 5) is 11.5. The lowest BCUT2D eigenvalue weighted by Gasteiger charge is -2.14. The number of benzene rings is 1. The van der Waals surface area contributed by atoms with Gasteiger partial charge in [0.15, 0.2) is 0 Å². The van der Waals surface area contributed by atoms with Crippen molar-refractivity contribution in [2.45, 2.75) is 25.4 Å². The number of anilines is 1. The van der Waals surface area contributed by atoms with Gasteiger partial charge in [-0.1, -0.05) is 0 Å². The molecule has 0 saturated carbocycles. The summed E-state index contributed by atoms with van der Waals surface area (Å²) in [6.45, 7) is 0. The van der Waals surface area contributed by atoms with E-state index in [0.717, 1.165) is 6.07 Å². The van der Waals surface area contributed by atoms with Crippen LogP contribution in [0.1, 0.15) is 30.4 Å². The first-order valence-corrected chi connectivity index (χ1v) is 6.39. The standard InChI is InChI=1S/C13H12ClF3N2O/c14-6-2-1-3-12(20)19-11-5-4-9(8-18)7-10(11)13(15,16)17/h4-5,7H,1-3,6H2,(H,19,20). The number of nitrogens with one attached hydrogen (secondary N) is 1. The third kappa shape index (κ3) is 4.74. The number of nitriles is 1. The molecular formula is C13H12ClF3N2O. The zero-order valence-electron chi connectivity index (χ0n) is 10.4. The first-order valence-electron chi connectivity index (χ1n) is 5.85. The Balaban J connectivity index is 2.89. The van der Waals surface area contributed by atoms with Crippen LogP contribution in [0.3, 0.4) is 0 Å². The van der Waals surface area contributed by atoms with Crippen LogP contribution >= 0.6 is 11.6 Å². The Morgan fingerprint density at radius 3 is 2.60 bits per heavy atom. The van der Waals surface area contributed by atoms with E-state index in [1.165, 1.54) is 6.07 Å². The van der Waals surface area contributed by atoms with E-state index in [-0.39, 0.29) is 17.7 Å². The van der Waals surface area contributed by atoms with Crippen molar-refractivity contribution in [1.29, 1.82) is 5.26 Å². The fraction of sp³-hybridized carbons (Fsp3) is 0.385. The summed E-state index contributed by atoms with van der Waals surface area (Å²) in [5.41, 5.74) is -1.48. The molecule has 0 unspecified atom stereocenters. The van der Waals surface area contributed by atoms with Crippen LogP contribution in [-0.4, -0.2) is 11.8 Å². The monoisotopic (exact) mass is 304 g/mol. The summed E-state index contributed by atoms with van der Waals surface area (Å²) in [5.74, 6) is -0.108. The fourth-order valence-electron chi connectivity index (χ4n) is 1.55. The van der Waals surface area contributed by atoms with Crippen molar-refractivity contribution in [2.24, 2.45) is 0 Å². The molecule has 0 aliphatic rings. The number of halogens is 4. The minimum absolute atomic E-state index is 0.101. The summed E-state index contributed by atoms with van der Waals surface area (Å²) in [5, 5.41) is 10.8. The Labute approximate surface area is 119 Å². The molecule has 0 fully saturated rings. The van der Waals surface area contributed by atoms with E-state index < -0.39 is 17.6 Å². The van der Waals surface area contributed by atoms with Crippen molar-refractivity contribution in [3.05, 3.63) is 29.3 Å². The second-order valence-electron chi connectivity index (χ2n) is 4.06. The van der Waals surface area contributed by atoms with Crippen LogP contribution in [0.4, 0.5) is 18.9 Å². The molecule has 1 aromatic carbocycles. The Bertz CT molecular complexity index is 523. The molecule has 0 atom stereocenters. The van der Waals surface area contributed by atoms with Gasteiger partial charge in [0.25, 0.3) is 0 Å². The Kier molecular flexibility index (Phi) is 5.83. The molecule has 0 heterocycles. The molecule has 1 rings (SSSR count). The minimum atomic E-state index is -4.63. The van der Waals surface area contributed by atoms with Crippen LogP contribution in [0.5, 0.6) is 0 Å². The molecule has 7 heteroatoms. The highest BCUT2D eigenvalue weighted by atomic mass is 35.5. The predicted molar refractivity (Wildman–Crippen MR) is 69.4 cm³/mol. The predicted octanol–water partition coefficient (Wildman–Crippen LogP) is 3.92. The molecule has 0 aliphatic carbocycles. The maximum atomic E-state index is 12.8. The molecule has 1 N–H and O–H groups in total. The van der Waals surface area contributed by atoms with E-state index in [9.17, 15) is 18.0 Å². The van der Waals surface area contributed by atoms with Crippen molar-refractivity contribution >= 4 is 23.2 Å². The third-order valence-electron chi connectivity index (χ3n) is 2.52. The Hall–Kier alpha value is -1.74. The number of amides is 1. The van der Waals surface area contributed by atoms with Gasteiger partial charge in [0.2, 0.25) is 5.91 Å². The number of hydrogen-bond acceptors (Lipinski definition) is 2. The molecule has 108 valence electrons. The van der Waals surface area contributed by atoms with Gasteiger partial charge >= 0.3 is 6.18 Å². The first-order chi connectivity index (χ1) is 9.38. The summed E-state index contributed by atoms with van der Waals surface area (Å²) in [7, 11) is 0. The van der Waals surface area contributed by atoms with E-state index in [1.807, 2.05) is 0 Å². The molecular weight excluding hydrogens is 293 g/mol. The smallest absolute Gasteiger partial charge is 0.326 e. The number of unbranched alkanes of at least 4 members (excludes halogenated alkanes) is 1. The van der Waals surface area contributed by atoms with Crippen LogP contribution in [0.2, 0.25) is 0 Å². The largest absolute Gasteiger partial charge is 0.418 e. The summed E-state index contributed by atoms with van der Waals surface area (Å²) in [6.07, 6.45) is -3.41. The zero-order valence-corrected chi connectivity index (χ0v) is 11.2. The molecule has 1 amide bonds. The fourth-order valence-corrected chi connectivity index (χ4v) is 1.74. The average molecular weight is 305 g/mol. The highest BCUT2D eigenvalue weighted by Crippen LogP contribution is 2.35. The lowest BCUT2D eigenvalue weighted by atomic mass is 10.1. The molecule has 20 heavy (non-hydrogen) atoms. The van der Waals surface area contributed by atoms with Crippen molar-refractivity contribution in [3.8, 4) is 6.07 Å². The molecule has 0 aliphatic heterocycles. The molecule has 1 aromatic rings. The summed E-state index contributed by atoms with van der Waals surface area (Å²) < 4.78 is 38.5. The number of carbonyl (C=O) groups excluding carboxylic acids is 1. The van der Waals surface area contributed by atoms with Crippen molar-refractivity contribution in [1.82, 2.24) is 0 Å². The lowest BCUT2D eigenvalue weighted by molar-refractivity contribution is -0.137. The van der Waals surface area contributed by atoms with Gasteiger partial charge in [-0.05, 0) is 31.0 Å². The van der Waals surface area contributed by atoms with Gasteiger partial charge in [-0.2, -0.15) is 18.4 Å². The second kappa shape index (κ2) is 7.15. The number of rotatable bonds is 5. The van der Waals surface area contributed by atoms with Gasteiger partial charge < -0.3 is 5.32 Å². The molecule has 0 saturated heterocycles. The topological polar surface area (TPSA) is 52.9 Å². The van der Waals surface area contributed by atoms with Crippen LogP contribution in [0.25, 0.3) is 0 Å². The van der Waals surface area contributed by atoms with Gasteiger partial charge in [-0.25, -0.2) is 0 Å². The van der Waals surface area contributed by atoms with Crippen molar-refractivity contribution < 1.29 is 18.0 Å². The maximum Gasteiger partial charge on any atom is 0.418 e. The van der Waals surface area contributed by atoms with Gasteiger partial charge in [-0.15, -0.1) is 11.6 Å². The third-order valence-corrected chi connectivity index (χ3v) is 2.78. The van der Waals surface area contributed by atoms with Gasteiger partial charge in [0, 0.05) is 12.3 Å². The van der Waals surface area contributed by atoms with E-state index >= 15 is 0 Å². The van der Waals surface area contributed by atoms with Crippen LogP contribution < -0.4 is 5.32 Å². The lowest BCUT2D eigenvalue weighted by Crippen LogP contribution is -2.16. The van der Waals surface area contributed by atoms with Gasteiger partial charge in [0.05, 0.1) is 22.9 Å². The SMILES string of the molecule is N#Cc1ccc(NC(=O)CCCCCl)c(C(F)(F)F)c1. The molecule has 0 spiro atoms. The molecule has 0 aromatic heterocycles. The van der Waals surface area contributed by atoms with Crippen LogP contribution in [-0.2, 0) is 11.0 Å². The van der Waals surface area contributed by atoms with Gasteiger partial charge in [0.1, 0.15) is 0 Å². The normalized spacial score (nSPS) is 10.9. The first kappa shape index (κ1) is 16.3. The highest BCUT2D eigenvalue weighted by Gasteiger charge is 2.34.